The fourth-order valence-electron chi connectivity index (χ4n) is 3.16. The number of aliphatic carboxylic acids is 1. The zero-order chi connectivity index (χ0) is 25.6. The van der Waals surface area contributed by atoms with Crippen molar-refractivity contribution in [3.05, 3.63) is 70.2 Å². The lowest BCUT2D eigenvalue weighted by Crippen LogP contribution is -2.33. The molecule has 0 fully saturated rings. The van der Waals surface area contributed by atoms with Crippen molar-refractivity contribution in [1.29, 1.82) is 0 Å². The van der Waals surface area contributed by atoms with Gasteiger partial charge in [-0.25, -0.2) is 23.2 Å². The topological polar surface area (TPSA) is 151 Å². The minimum Gasteiger partial charge on any atom is -0.480 e. The van der Waals surface area contributed by atoms with Crippen LogP contribution in [-0.2, 0) is 21.1 Å². The summed E-state index contributed by atoms with van der Waals surface area (Å²) in [4.78, 5) is 36.1. The molecule has 3 N–H and O–H groups in total. The van der Waals surface area contributed by atoms with E-state index in [0.29, 0.717) is 17.7 Å². The molecule has 1 atom stereocenters. The molecule has 2 heterocycles. The molecule has 0 saturated heterocycles. The van der Waals surface area contributed by atoms with Gasteiger partial charge in [-0.3, -0.25) is 9.78 Å². The number of aromatic nitrogens is 3. The number of pyridine rings is 1. The van der Waals surface area contributed by atoms with Crippen LogP contribution < -0.4 is 10.6 Å². The number of hydrogen-bond acceptors (Lipinski definition) is 8. The molecule has 0 unspecified atom stereocenters. The predicted molar refractivity (Wildman–Crippen MR) is 132 cm³/mol. The molecule has 2 aromatic heterocycles. The van der Waals surface area contributed by atoms with Gasteiger partial charge < -0.3 is 15.7 Å². The highest BCUT2D eigenvalue weighted by Gasteiger charge is 2.25. The van der Waals surface area contributed by atoms with E-state index in [0.717, 1.165) is 0 Å². The Morgan fingerprint density at radius 2 is 1.69 bits per heavy atom. The van der Waals surface area contributed by atoms with Gasteiger partial charge in [-0.2, -0.15) is 0 Å². The third-order valence-corrected chi connectivity index (χ3v) is 7.18. The van der Waals surface area contributed by atoms with Gasteiger partial charge in [-0.05, 0) is 24.1 Å². The summed E-state index contributed by atoms with van der Waals surface area (Å²) in [7, 11) is -3.72. The first-order chi connectivity index (χ1) is 16.6. The first-order valence-electron chi connectivity index (χ1n) is 10.3. The Labute approximate surface area is 211 Å². The van der Waals surface area contributed by atoms with Crippen LogP contribution >= 0.6 is 23.2 Å². The molecular weight excluding hydrogens is 517 g/mol. The van der Waals surface area contributed by atoms with Crippen molar-refractivity contribution in [1.82, 2.24) is 15.0 Å². The number of carbonyl (C=O) groups is 2. The summed E-state index contributed by atoms with van der Waals surface area (Å²) < 4.78 is 25.0. The smallest absolute Gasteiger partial charge is 0.326 e. The van der Waals surface area contributed by atoms with Crippen LogP contribution in [0.3, 0.4) is 0 Å². The zero-order valence-electron chi connectivity index (χ0n) is 18.4. The highest BCUT2D eigenvalue weighted by Crippen LogP contribution is 2.24. The first-order valence-corrected chi connectivity index (χ1v) is 12.8. The van der Waals surface area contributed by atoms with E-state index in [1.54, 1.807) is 31.2 Å². The van der Waals surface area contributed by atoms with Gasteiger partial charge in [0.25, 0.3) is 5.91 Å². The van der Waals surface area contributed by atoms with Crippen molar-refractivity contribution in [3.63, 3.8) is 0 Å². The maximum Gasteiger partial charge on any atom is 0.326 e. The van der Waals surface area contributed by atoms with Crippen molar-refractivity contribution in [2.24, 2.45) is 0 Å². The van der Waals surface area contributed by atoms with Crippen molar-refractivity contribution in [3.8, 4) is 0 Å². The molecule has 3 aromatic rings. The Hall–Kier alpha value is -3.28. The average Bonchev–Trinajstić information content (AvgIpc) is 2.80. The second-order valence-corrected chi connectivity index (χ2v) is 10.2. The van der Waals surface area contributed by atoms with Crippen LogP contribution in [-0.4, -0.2) is 52.1 Å². The van der Waals surface area contributed by atoms with Crippen LogP contribution in [0.15, 0.2) is 54.1 Å². The maximum atomic E-state index is 12.5. The van der Waals surface area contributed by atoms with Crippen LogP contribution in [0.5, 0.6) is 0 Å². The number of rotatable bonds is 10. The van der Waals surface area contributed by atoms with Crippen molar-refractivity contribution >= 4 is 56.4 Å². The molecule has 35 heavy (non-hydrogen) atoms. The van der Waals surface area contributed by atoms with Crippen LogP contribution in [0.25, 0.3) is 0 Å². The van der Waals surface area contributed by atoms with Gasteiger partial charge in [-0.15, -0.1) is 0 Å². The average molecular weight is 538 g/mol. The quantitative estimate of drug-likeness (QED) is 0.351. The van der Waals surface area contributed by atoms with E-state index in [2.05, 4.69) is 25.6 Å². The minimum atomic E-state index is -3.72. The molecule has 0 saturated carbocycles. The van der Waals surface area contributed by atoms with Crippen molar-refractivity contribution in [2.75, 3.05) is 16.4 Å². The highest BCUT2D eigenvalue weighted by molar-refractivity contribution is 7.91. The molecule has 0 aliphatic heterocycles. The summed E-state index contributed by atoms with van der Waals surface area (Å²) in [6, 6.07) is 5.27. The number of carbonyl (C=O) groups excluding carboxylic acids is 1. The number of sulfone groups is 1. The molecule has 10 nitrogen and oxygen atoms in total. The molecule has 0 aliphatic carbocycles. The molecule has 13 heteroatoms. The number of nitrogens with one attached hydrogen (secondary N) is 2. The SMILES string of the molecule is CCCS(=O)(=O)c1nccnc1N[C@@H](Cc1ccc(NC(=O)c2c(Cl)cncc2Cl)cc1)C(=O)O. The van der Waals surface area contributed by atoms with Crippen LogP contribution in [0, 0.1) is 0 Å². The summed E-state index contributed by atoms with van der Waals surface area (Å²) in [6.45, 7) is 1.72. The normalized spacial score (nSPS) is 12.1. The standard InChI is InChI=1S/C22H21Cl2N5O5S/c1-2-9-35(33,34)21-19(26-7-8-27-21)29-17(22(31)32)10-13-3-5-14(6-4-13)28-20(30)18-15(23)11-25-12-16(18)24/h3-8,11-12,17H,2,9-10H2,1H3,(H,26,29)(H,28,30)(H,31,32)/t17-/m0/s1. The summed E-state index contributed by atoms with van der Waals surface area (Å²) >= 11 is 12.0. The van der Waals surface area contributed by atoms with Crippen LogP contribution in [0.2, 0.25) is 10.0 Å². The Morgan fingerprint density at radius 1 is 1.06 bits per heavy atom. The highest BCUT2D eigenvalue weighted by atomic mass is 35.5. The summed E-state index contributed by atoms with van der Waals surface area (Å²) in [6.07, 6.45) is 5.52. The number of hydrogen-bond donors (Lipinski definition) is 3. The second kappa shape index (κ2) is 11.4. The fourth-order valence-corrected chi connectivity index (χ4v) is 5.06. The van der Waals surface area contributed by atoms with E-state index in [4.69, 9.17) is 23.2 Å². The lowest BCUT2D eigenvalue weighted by Gasteiger charge is -2.17. The molecule has 184 valence electrons. The van der Waals surface area contributed by atoms with Gasteiger partial charge in [0, 0.05) is 36.9 Å². The summed E-state index contributed by atoms with van der Waals surface area (Å²) in [5, 5.41) is 15.0. The monoisotopic (exact) mass is 537 g/mol. The van der Waals surface area contributed by atoms with Gasteiger partial charge in [0.1, 0.15) is 6.04 Å². The largest absolute Gasteiger partial charge is 0.480 e. The first kappa shape index (κ1) is 26.3. The minimum absolute atomic E-state index is 0.00934. The van der Waals surface area contributed by atoms with Gasteiger partial charge in [0.15, 0.2) is 20.7 Å². The molecule has 0 spiro atoms. The molecule has 1 aromatic carbocycles. The number of halogens is 2. The van der Waals surface area contributed by atoms with E-state index < -0.39 is 27.8 Å². The van der Waals surface area contributed by atoms with Gasteiger partial charge in [-0.1, -0.05) is 42.3 Å². The number of nitrogens with zero attached hydrogens (tertiary/aromatic N) is 3. The third-order valence-electron chi connectivity index (χ3n) is 4.77. The molecule has 3 rings (SSSR count). The van der Waals surface area contributed by atoms with E-state index >= 15 is 0 Å². The number of amides is 1. The van der Waals surface area contributed by atoms with Gasteiger partial charge >= 0.3 is 5.97 Å². The lowest BCUT2D eigenvalue weighted by molar-refractivity contribution is -0.137. The number of carboxylic acid groups (broad SMARTS) is 1. The van der Waals surface area contributed by atoms with E-state index in [9.17, 15) is 23.1 Å². The third kappa shape index (κ3) is 6.65. The van der Waals surface area contributed by atoms with Crippen molar-refractivity contribution < 1.29 is 23.1 Å². The Balaban J connectivity index is 1.75. The van der Waals surface area contributed by atoms with Gasteiger partial charge in [0.2, 0.25) is 0 Å². The van der Waals surface area contributed by atoms with E-state index in [-0.39, 0.29) is 38.6 Å². The number of benzene rings is 1. The summed E-state index contributed by atoms with van der Waals surface area (Å²) in [5.74, 6) is -1.98. The fraction of sp³-hybridized carbons (Fsp3) is 0.227. The number of anilines is 2. The van der Waals surface area contributed by atoms with Crippen LogP contribution in [0.1, 0.15) is 29.3 Å². The molecule has 1 amide bonds. The lowest BCUT2D eigenvalue weighted by atomic mass is 10.1. The Kier molecular flexibility index (Phi) is 8.60. The van der Waals surface area contributed by atoms with E-state index in [1.807, 2.05) is 0 Å². The Morgan fingerprint density at radius 3 is 2.29 bits per heavy atom. The van der Waals surface area contributed by atoms with Crippen LogP contribution in [0.4, 0.5) is 11.5 Å². The second-order valence-electron chi connectivity index (χ2n) is 7.40. The zero-order valence-corrected chi connectivity index (χ0v) is 20.7. The summed E-state index contributed by atoms with van der Waals surface area (Å²) in [5.41, 5.74) is 1.13. The molecule has 0 radical (unpaired) electrons. The Bertz CT molecular complexity index is 1320. The molecule has 0 bridgehead atoms. The molecule has 0 aliphatic rings. The maximum absolute atomic E-state index is 12.5. The predicted octanol–water partition coefficient (Wildman–Crippen LogP) is 3.72. The van der Waals surface area contributed by atoms with E-state index in [1.165, 1.54) is 24.8 Å². The van der Waals surface area contributed by atoms with Gasteiger partial charge in [0.05, 0.1) is 21.4 Å². The van der Waals surface area contributed by atoms with Crippen molar-refractivity contribution in [2.45, 2.75) is 30.8 Å². The number of carboxylic acids is 1. The molecular formula is C22H21Cl2N5O5S.